The molecule has 2 aromatic rings. The molecule has 3 rings (SSSR count). The summed E-state index contributed by atoms with van der Waals surface area (Å²) in [5.74, 6) is 0.805. The Kier molecular flexibility index (Phi) is 3.33. The van der Waals surface area contributed by atoms with Crippen LogP contribution >= 0.6 is 11.3 Å². The second-order valence-electron chi connectivity index (χ2n) is 4.26. The van der Waals surface area contributed by atoms with Crippen molar-refractivity contribution in [2.24, 2.45) is 0 Å². The number of nitrogens with one attached hydrogen (secondary N) is 1. The minimum atomic E-state index is -0.118. The van der Waals surface area contributed by atoms with Gasteiger partial charge in [-0.05, 0) is 41.3 Å². The monoisotopic (exact) mass is 271 g/mol. The molecular formula is C15H13NO2S. The third-order valence-electron chi connectivity index (χ3n) is 2.90. The molecule has 4 heteroatoms. The van der Waals surface area contributed by atoms with Crippen LogP contribution in [0.4, 0.5) is 5.69 Å². The molecule has 0 bridgehead atoms. The van der Waals surface area contributed by atoms with Crippen molar-refractivity contribution in [3.8, 4) is 5.75 Å². The van der Waals surface area contributed by atoms with Gasteiger partial charge in [0.15, 0.2) is 0 Å². The average molecular weight is 271 g/mol. The summed E-state index contributed by atoms with van der Waals surface area (Å²) in [5.41, 5.74) is 1.96. The van der Waals surface area contributed by atoms with Crippen molar-refractivity contribution < 1.29 is 9.53 Å². The van der Waals surface area contributed by atoms with E-state index in [4.69, 9.17) is 4.74 Å². The molecule has 1 aromatic heterocycles. The van der Waals surface area contributed by atoms with Crippen LogP contribution in [-0.4, -0.2) is 12.5 Å². The van der Waals surface area contributed by atoms with Crippen LogP contribution in [0.1, 0.15) is 10.4 Å². The summed E-state index contributed by atoms with van der Waals surface area (Å²) >= 11 is 1.60. The quantitative estimate of drug-likeness (QED) is 0.870. The standard InChI is InChI=1S/C15H13NO2S/c17-15(6-4-13-2-1-9-19-13)16-12-3-5-14-11(10-12)7-8-18-14/h1-6,9-10H,7-8H2,(H,16,17). The first-order valence-corrected chi connectivity index (χ1v) is 6.97. The summed E-state index contributed by atoms with van der Waals surface area (Å²) in [7, 11) is 0. The molecule has 19 heavy (non-hydrogen) atoms. The molecule has 2 heterocycles. The third kappa shape index (κ3) is 2.85. The molecule has 0 atom stereocenters. The Morgan fingerprint density at radius 1 is 1.37 bits per heavy atom. The van der Waals surface area contributed by atoms with Crippen molar-refractivity contribution in [2.45, 2.75) is 6.42 Å². The average Bonchev–Trinajstić information content (AvgIpc) is 3.07. The highest BCUT2D eigenvalue weighted by molar-refractivity contribution is 7.10. The molecule has 1 amide bonds. The van der Waals surface area contributed by atoms with Gasteiger partial charge in [0.1, 0.15) is 5.75 Å². The summed E-state index contributed by atoms with van der Waals surface area (Å²) in [4.78, 5) is 12.9. The van der Waals surface area contributed by atoms with Crippen molar-refractivity contribution in [1.29, 1.82) is 0 Å². The van der Waals surface area contributed by atoms with E-state index in [1.165, 1.54) is 0 Å². The van der Waals surface area contributed by atoms with Gasteiger partial charge in [0, 0.05) is 23.1 Å². The van der Waals surface area contributed by atoms with Crippen LogP contribution in [0, 0.1) is 0 Å². The SMILES string of the molecule is O=C(C=Cc1cccs1)Nc1ccc2c(c1)CCO2. The van der Waals surface area contributed by atoms with E-state index >= 15 is 0 Å². The predicted molar refractivity (Wildman–Crippen MR) is 77.6 cm³/mol. The highest BCUT2D eigenvalue weighted by Crippen LogP contribution is 2.27. The number of rotatable bonds is 3. The van der Waals surface area contributed by atoms with Crippen molar-refractivity contribution in [3.05, 3.63) is 52.2 Å². The Hall–Kier alpha value is -2.07. The van der Waals surface area contributed by atoms with Gasteiger partial charge in [-0.25, -0.2) is 0 Å². The zero-order valence-electron chi connectivity index (χ0n) is 10.3. The normalized spacial score (nSPS) is 13.3. The van der Waals surface area contributed by atoms with Crippen LogP contribution in [-0.2, 0) is 11.2 Å². The van der Waals surface area contributed by atoms with E-state index in [9.17, 15) is 4.79 Å². The Balaban J connectivity index is 1.66. The Morgan fingerprint density at radius 2 is 2.32 bits per heavy atom. The molecule has 96 valence electrons. The summed E-state index contributed by atoms with van der Waals surface area (Å²) in [5, 5.41) is 4.84. The smallest absolute Gasteiger partial charge is 0.248 e. The molecule has 0 saturated carbocycles. The van der Waals surface area contributed by atoms with Gasteiger partial charge in [0.25, 0.3) is 0 Å². The van der Waals surface area contributed by atoms with E-state index in [0.29, 0.717) is 0 Å². The van der Waals surface area contributed by atoms with Gasteiger partial charge >= 0.3 is 0 Å². The molecule has 0 fully saturated rings. The first-order valence-electron chi connectivity index (χ1n) is 6.09. The number of amides is 1. The topological polar surface area (TPSA) is 38.3 Å². The number of ether oxygens (including phenoxy) is 1. The molecule has 0 saturated heterocycles. The van der Waals surface area contributed by atoms with Crippen LogP contribution in [0.25, 0.3) is 6.08 Å². The zero-order chi connectivity index (χ0) is 13.1. The van der Waals surface area contributed by atoms with Crippen LogP contribution in [0.2, 0.25) is 0 Å². The lowest BCUT2D eigenvalue weighted by atomic mass is 10.1. The van der Waals surface area contributed by atoms with E-state index in [1.54, 1.807) is 17.4 Å². The number of thiophene rings is 1. The van der Waals surface area contributed by atoms with Gasteiger partial charge in [0.2, 0.25) is 5.91 Å². The lowest BCUT2D eigenvalue weighted by Gasteiger charge is -2.04. The number of fused-ring (bicyclic) bond motifs is 1. The Labute approximate surface area is 115 Å². The molecule has 1 aliphatic heterocycles. The number of hydrogen-bond acceptors (Lipinski definition) is 3. The van der Waals surface area contributed by atoms with Crippen molar-refractivity contribution in [2.75, 3.05) is 11.9 Å². The fraction of sp³-hybridized carbons (Fsp3) is 0.133. The molecule has 3 nitrogen and oxygen atoms in total. The van der Waals surface area contributed by atoms with Crippen LogP contribution in [0.3, 0.4) is 0 Å². The van der Waals surface area contributed by atoms with Crippen molar-refractivity contribution >= 4 is 29.0 Å². The highest BCUT2D eigenvalue weighted by atomic mass is 32.1. The molecule has 1 aromatic carbocycles. The van der Waals surface area contributed by atoms with Gasteiger partial charge in [-0.1, -0.05) is 6.07 Å². The Bertz CT molecular complexity index is 617. The van der Waals surface area contributed by atoms with Gasteiger partial charge in [-0.2, -0.15) is 0 Å². The number of carbonyl (C=O) groups is 1. The van der Waals surface area contributed by atoms with Crippen molar-refractivity contribution in [1.82, 2.24) is 0 Å². The lowest BCUT2D eigenvalue weighted by molar-refractivity contribution is -0.111. The first kappa shape index (κ1) is 12.0. The molecule has 0 radical (unpaired) electrons. The van der Waals surface area contributed by atoms with E-state index in [-0.39, 0.29) is 5.91 Å². The molecule has 0 aliphatic carbocycles. The van der Waals surface area contributed by atoms with Crippen molar-refractivity contribution in [3.63, 3.8) is 0 Å². The second-order valence-corrected chi connectivity index (χ2v) is 5.24. The van der Waals surface area contributed by atoms with E-state index < -0.39 is 0 Å². The molecular weight excluding hydrogens is 258 g/mol. The molecule has 0 unspecified atom stereocenters. The summed E-state index contributed by atoms with van der Waals surface area (Å²) in [6.07, 6.45) is 4.27. The van der Waals surface area contributed by atoms with Gasteiger partial charge < -0.3 is 10.1 Å². The zero-order valence-corrected chi connectivity index (χ0v) is 11.1. The van der Waals surface area contributed by atoms with Crippen LogP contribution < -0.4 is 10.1 Å². The van der Waals surface area contributed by atoms with Gasteiger partial charge in [-0.15, -0.1) is 11.3 Å². The molecule has 0 spiro atoms. The summed E-state index contributed by atoms with van der Waals surface area (Å²) < 4.78 is 5.43. The van der Waals surface area contributed by atoms with Gasteiger partial charge in [0.05, 0.1) is 6.61 Å². The maximum Gasteiger partial charge on any atom is 0.248 e. The Morgan fingerprint density at radius 3 is 3.16 bits per heavy atom. The van der Waals surface area contributed by atoms with E-state index in [0.717, 1.165) is 34.9 Å². The summed E-state index contributed by atoms with van der Waals surface area (Å²) in [6.45, 7) is 0.727. The molecule has 1 N–H and O–H groups in total. The van der Waals surface area contributed by atoms with E-state index in [2.05, 4.69) is 5.32 Å². The van der Waals surface area contributed by atoms with Gasteiger partial charge in [-0.3, -0.25) is 4.79 Å². The largest absolute Gasteiger partial charge is 0.493 e. The second kappa shape index (κ2) is 5.28. The summed E-state index contributed by atoms with van der Waals surface area (Å²) in [6, 6.07) is 9.67. The fourth-order valence-electron chi connectivity index (χ4n) is 1.99. The fourth-order valence-corrected chi connectivity index (χ4v) is 2.61. The third-order valence-corrected chi connectivity index (χ3v) is 3.74. The minimum absolute atomic E-state index is 0.118. The number of benzene rings is 1. The predicted octanol–water partition coefficient (Wildman–Crippen LogP) is 3.33. The molecule has 1 aliphatic rings. The first-order chi connectivity index (χ1) is 9.31. The van der Waals surface area contributed by atoms with Crippen LogP contribution in [0.15, 0.2) is 41.8 Å². The number of anilines is 1. The van der Waals surface area contributed by atoms with E-state index in [1.807, 2.05) is 41.8 Å². The number of hydrogen-bond donors (Lipinski definition) is 1. The highest BCUT2D eigenvalue weighted by Gasteiger charge is 2.12. The maximum atomic E-state index is 11.8. The lowest BCUT2D eigenvalue weighted by Crippen LogP contribution is -2.07. The van der Waals surface area contributed by atoms with Crippen LogP contribution in [0.5, 0.6) is 5.75 Å². The maximum absolute atomic E-state index is 11.8. The number of carbonyl (C=O) groups excluding carboxylic acids is 1. The minimum Gasteiger partial charge on any atom is -0.493 e.